The molecule has 6 atom stereocenters. The minimum Gasteiger partial charge on any atom is -0.466 e. The Morgan fingerprint density at radius 3 is 2.77 bits per heavy atom. The SMILES string of the molecule is CCOC(=O)C[C@H]1CC[C@H]2[C@@H]3CCC4=CC(=O)C=C[C@]4(C)[C@H]3CC[C@]12C. The number of hydrogen-bond acceptors (Lipinski definition) is 3. The molecule has 0 spiro atoms. The van der Waals surface area contributed by atoms with E-state index in [1.165, 1.54) is 31.3 Å². The fourth-order valence-corrected chi connectivity index (χ4v) is 7.06. The number of carbonyl (C=O) groups is 2. The van der Waals surface area contributed by atoms with Gasteiger partial charge in [-0.3, -0.25) is 9.59 Å². The van der Waals surface area contributed by atoms with Crippen molar-refractivity contribution in [3.63, 3.8) is 0 Å². The summed E-state index contributed by atoms with van der Waals surface area (Å²) in [6, 6.07) is 0. The number of esters is 1. The summed E-state index contributed by atoms with van der Waals surface area (Å²) in [7, 11) is 0. The summed E-state index contributed by atoms with van der Waals surface area (Å²) in [6.07, 6.45) is 13.6. The van der Waals surface area contributed by atoms with Crippen LogP contribution in [0.5, 0.6) is 0 Å². The lowest BCUT2D eigenvalue weighted by Gasteiger charge is -2.57. The topological polar surface area (TPSA) is 43.4 Å². The van der Waals surface area contributed by atoms with Gasteiger partial charge in [-0.05, 0) is 86.7 Å². The summed E-state index contributed by atoms with van der Waals surface area (Å²) in [4.78, 5) is 23.9. The van der Waals surface area contributed by atoms with E-state index in [9.17, 15) is 9.59 Å². The number of ether oxygens (including phenoxy) is 1. The van der Waals surface area contributed by atoms with Crippen LogP contribution in [0.3, 0.4) is 0 Å². The monoisotopic (exact) mass is 356 g/mol. The van der Waals surface area contributed by atoms with E-state index in [0.717, 1.165) is 18.8 Å². The molecular formula is C23H32O3. The highest BCUT2D eigenvalue weighted by Gasteiger charge is 2.58. The third-order valence-corrected chi connectivity index (χ3v) is 8.47. The van der Waals surface area contributed by atoms with Crippen LogP contribution in [0.4, 0.5) is 0 Å². The van der Waals surface area contributed by atoms with Gasteiger partial charge in [0.15, 0.2) is 5.78 Å². The first kappa shape index (κ1) is 18.0. The van der Waals surface area contributed by atoms with Gasteiger partial charge in [-0.15, -0.1) is 0 Å². The van der Waals surface area contributed by atoms with Gasteiger partial charge in [0.1, 0.15) is 0 Å². The van der Waals surface area contributed by atoms with E-state index in [-0.39, 0.29) is 22.6 Å². The molecule has 0 aromatic rings. The number of fused-ring (bicyclic) bond motifs is 5. The maximum absolute atomic E-state index is 12.1. The van der Waals surface area contributed by atoms with E-state index in [0.29, 0.717) is 30.8 Å². The Hall–Kier alpha value is -1.38. The standard InChI is InChI=1S/C23H32O3/c1-4-26-21(25)14-16-6-8-19-18-7-5-15-13-17(24)9-11-22(15,2)20(18)10-12-23(16,19)3/h9,11,13,16,18-20H,4-8,10,12,14H2,1-3H3/t16-,18+,19+,20+,22+,23-/m1/s1. The Kier molecular flexibility index (Phi) is 4.40. The molecule has 3 fully saturated rings. The van der Waals surface area contributed by atoms with E-state index in [1.807, 2.05) is 13.0 Å². The molecule has 0 heterocycles. The summed E-state index contributed by atoms with van der Waals surface area (Å²) in [5, 5.41) is 0. The Balaban J connectivity index is 1.56. The third kappa shape index (κ3) is 2.61. The van der Waals surface area contributed by atoms with Gasteiger partial charge >= 0.3 is 5.97 Å². The molecule has 4 aliphatic rings. The van der Waals surface area contributed by atoms with Crippen molar-refractivity contribution in [2.75, 3.05) is 6.61 Å². The van der Waals surface area contributed by atoms with E-state index in [2.05, 4.69) is 19.9 Å². The quantitative estimate of drug-likeness (QED) is 0.678. The number of rotatable bonds is 3. The summed E-state index contributed by atoms with van der Waals surface area (Å²) >= 11 is 0. The third-order valence-electron chi connectivity index (χ3n) is 8.47. The molecule has 0 radical (unpaired) electrons. The van der Waals surface area contributed by atoms with Crippen LogP contribution in [-0.4, -0.2) is 18.4 Å². The van der Waals surface area contributed by atoms with E-state index in [4.69, 9.17) is 4.74 Å². The zero-order chi connectivity index (χ0) is 18.5. The van der Waals surface area contributed by atoms with Gasteiger partial charge in [0.25, 0.3) is 0 Å². The molecule has 0 aromatic heterocycles. The van der Waals surface area contributed by atoms with Crippen molar-refractivity contribution in [3.8, 4) is 0 Å². The van der Waals surface area contributed by atoms with Crippen molar-refractivity contribution in [1.29, 1.82) is 0 Å². The number of carbonyl (C=O) groups excluding carboxylic acids is 2. The zero-order valence-electron chi connectivity index (χ0n) is 16.4. The first-order valence-electron chi connectivity index (χ1n) is 10.5. The average Bonchev–Trinajstić information content (AvgIpc) is 2.92. The van der Waals surface area contributed by atoms with Crippen molar-refractivity contribution in [1.82, 2.24) is 0 Å². The van der Waals surface area contributed by atoms with Crippen LogP contribution in [0.15, 0.2) is 23.8 Å². The van der Waals surface area contributed by atoms with E-state index in [1.54, 1.807) is 6.08 Å². The minimum absolute atomic E-state index is 0.0175. The van der Waals surface area contributed by atoms with Gasteiger partial charge in [-0.25, -0.2) is 0 Å². The predicted molar refractivity (Wildman–Crippen MR) is 101 cm³/mol. The highest BCUT2D eigenvalue weighted by atomic mass is 16.5. The first-order valence-corrected chi connectivity index (χ1v) is 10.5. The first-order chi connectivity index (χ1) is 12.4. The largest absolute Gasteiger partial charge is 0.466 e. The maximum Gasteiger partial charge on any atom is 0.306 e. The molecule has 0 N–H and O–H groups in total. The molecule has 0 amide bonds. The maximum atomic E-state index is 12.1. The summed E-state index contributed by atoms with van der Waals surface area (Å²) in [6.45, 7) is 7.17. The second-order valence-electron chi connectivity index (χ2n) is 9.43. The molecule has 0 saturated heterocycles. The van der Waals surface area contributed by atoms with Gasteiger partial charge in [0.2, 0.25) is 0 Å². The van der Waals surface area contributed by atoms with Crippen LogP contribution in [0.1, 0.15) is 65.7 Å². The van der Waals surface area contributed by atoms with E-state index >= 15 is 0 Å². The summed E-state index contributed by atoms with van der Waals surface area (Å²) < 4.78 is 5.24. The Morgan fingerprint density at radius 1 is 1.19 bits per heavy atom. The Labute approximate surface area is 157 Å². The van der Waals surface area contributed by atoms with Crippen LogP contribution in [0.2, 0.25) is 0 Å². The lowest BCUT2D eigenvalue weighted by Crippen LogP contribution is -2.49. The summed E-state index contributed by atoms with van der Waals surface area (Å²) in [5.41, 5.74) is 1.70. The fraction of sp³-hybridized carbons (Fsp3) is 0.739. The van der Waals surface area contributed by atoms with Crippen molar-refractivity contribution in [2.45, 2.75) is 65.7 Å². The van der Waals surface area contributed by atoms with E-state index < -0.39 is 0 Å². The molecule has 3 heteroatoms. The summed E-state index contributed by atoms with van der Waals surface area (Å²) in [5.74, 6) is 2.70. The molecule has 3 nitrogen and oxygen atoms in total. The Bertz CT molecular complexity index is 675. The molecule has 4 aliphatic carbocycles. The average molecular weight is 357 g/mol. The molecule has 0 unspecified atom stereocenters. The molecule has 0 aromatic carbocycles. The van der Waals surface area contributed by atoms with Gasteiger partial charge in [0.05, 0.1) is 6.61 Å². The smallest absolute Gasteiger partial charge is 0.306 e. The predicted octanol–water partition coefficient (Wildman–Crippen LogP) is 4.86. The van der Waals surface area contributed by atoms with Crippen LogP contribution in [0, 0.1) is 34.5 Å². The van der Waals surface area contributed by atoms with Gasteiger partial charge in [0, 0.05) is 11.8 Å². The highest BCUT2D eigenvalue weighted by Crippen LogP contribution is 2.66. The number of allylic oxidation sites excluding steroid dienone is 4. The normalized spacial score (nSPS) is 44.0. The highest BCUT2D eigenvalue weighted by molar-refractivity contribution is 6.01. The van der Waals surface area contributed by atoms with Gasteiger partial charge in [-0.1, -0.05) is 25.5 Å². The van der Waals surface area contributed by atoms with Crippen LogP contribution >= 0.6 is 0 Å². The molecule has 26 heavy (non-hydrogen) atoms. The van der Waals surface area contributed by atoms with Crippen molar-refractivity contribution >= 4 is 11.8 Å². The van der Waals surface area contributed by atoms with Gasteiger partial charge in [-0.2, -0.15) is 0 Å². The zero-order valence-corrected chi connectivity index (χ0v) is 16.4. The molecule has 0 aliphatic heterocycles. The van der Waals surface area contributed by atoms with Crippen molar-refractivity contribution in [2.24, 2.45) is 34.5 Å². The molecule has 142 valence electrons. The molecule has 4 rings (SSSR count). The van der Waals surface area contributed by atoms with Crippen molar-refractivity contribution in [3.05, 3.63) is 23.8 Å². The minimum atomic E-state index is -0.0175. The second-order valence-corrected chi connectivity index (χ2v) is 9.43. The number of hydrogen-bond donors (Lipinski definition) is 0. The van der Waals surface area contributed by atoms with Crippen molar-refractivity contribution < 1.29 is 14.3 Å². The van der Waals surface area contributed by atoms with Gasteiger partial charge < -0.3 is 4.74 Å². The molecular weight excluding hydrogens is 324 g/mol. The number of ketones is 1. The molecule has 0 bridgehead atoms. The second kappa shape index (κ2) is 6.35. The lowest BCUT2D eigenvalue weighted by atomic mass is 9.47. The van der Waals surface area contributed by atoms with Crippen LogP contribution in [-0.2, 0) is 14.3 Å². The molecule has 3 saturated carbocycles. The Morgan fingerprint density at radius 2 is 2.00 bits per heavy atom. The van der Waals surface area contributed by atoms with Crippen LogP contribution in [0.25, 0.3) is 0 Å². The lowest BCUT2D eigenvalue weighted by molar-refractivity contribution is -0.146. The fourth-order valence-electron chi connectivity index (χ4n) is 7.06. The van der Waals surface area contributed by atoms with Crippen LogP contribution < -0.4 is 0 Å².